The van der Waals surface area contributed by atoms with Gasteiger partial charge in [-0.1, -0.05) is 36.4 Å². The molecule has 0 atom stereocenters. The van der Waals surface area contributed by atoms with Crippen LogP contribution in [-0.4, -0.2) is 38.2 Å². The number of nitrogens with one attached hydrogen (secondary N) is 1. The van der Waals surface area contributed by atoms with Crippen molar-refractivity contribution in [3.63, 3.8) is 0 Å². The predicted molar refractivity (Wildman–Crippen MR) is 116 cm³/mol. The Hall–Kier alpha value is -2.25. The van der Waals surface area contributed by atoms with Gasteiger partial charge in [0.05, 0.1) is 6.67 Å². The van der Waals surface area contributed by atoms with Gasteiger partial charge >= 0.3 is 0 Å². The molecule has 1 aromatic heterocycles. The van der Waals surface area contributed by atoms with E-state index in [1.54, 1.807) is 0 Å². The highest BCUT2D eigenvalue weighted by Gasteiger charge is 2.30. The summed E-state index contributed by atoms with van der Waals surface area (Å²) in [5.41, 5.74) is 1.13. The Balaban J connectivity index is 1.30. The molecule has 2 aromatic rings. The molecule has 7 heteroatoms. The summed E-state index contributed by atoms with van der Waals surface area (Å²) < 4.78 is 4.83. The molecule has 1 N–H and O–H groups in total. The van der Waals surface area contributed by atoms with E-state index in [4.69, 9.17) is 17.3 Å². The van der Waals surface area contributed by atoms with Crippen LogP contribution in [0.15, 0.2) is 43.0 Å². The van der Waals surface area contributed by atoms with Gasteiger partial charge in [-0.25, -0.2) is 4.68 Å². The van der Waals surface area contributed by atoms with E-state index in [2.05, 4.69) is 21.4 Å². The molecule has 154 valence electrons. The average molecular weight is 412 g/mol. The molecule has 1 aliphatic heterocycles. The van der Waals surface area contributed by atoms with Crippen molar-refractivity contribution in [2.75, 3.05) is 13.1 Å². The monoisotopic (exact) mass is 411 g/mol. The van der Waals surface area contributed by atoms with Crippen LogP contribution in [0.5, 0.6) is 0 Å². The molecular weight excluding hydrogens is 382 g/mol. The highest BCUT2D eigenvalue weighted by molar-refractivity contribution is 7.71. The van der Waals surface area contributed by atoms with Crippen LogP contribution in [0.3, 0.4) is 0 Å². The summed E-state index contributed by atoms with van der Waals surface area (Å²) in [6.45, 7) is 7.63. The van der Waals surface area contributed by atoms with Crippen molar-refractivity contribution in [3.05, 3.63) is 59.1 Å². The number of carbonyl (C=O) groups excluding carboxylic acids is 1. The van der Waals surface area contributed by atoms with E-state index in [0.717, 1.165) is 42.1 Å². The van der Waals surface area contributed by atoms with Crippen LogP contribution in [-0.2, 0) is 24.6 Å². The number of hydrogen-bond donors (Lipinski definition) is 1. The van der Waals surface area contributed by atoms with Crippen LogP contribution >= 0.6 is 12.2 Å². The van der Waals surface area contributed by atoms with Crippen LogP contribution in [0, 0.1) is 10.7 Å². The summed E-state index contributed by atoms with van der Waals surface area (Å²) in [6.07, 6.45) is 6.03. The second-order valence-corrected chi connectivity index (χ2v) is 8.42. The van der Waals surface area contributed by atoms with Gasteiger partial charge in [-0.3, -0.25) is 14.3 Å². The third kappa shape index (κ3) is 4.85. The van der Waals surface area contributed by atoms with E-state index in [9.17, 15) is 4.79 Å². The molecule has 1 aromatic carbocycles. The van der Waals surface area contributed by atoms with Crippen LogP contribution in [0.2, 0.25) is 0 Å². The number of hydrogen-bond acceptors (Lipinski definition) is 4. The first-order valence-electron chi connectivity index (χ1n) is 10.5. The minimum atomic E-state index is 0.0864. The fraction of sp³-hybridized carbons (Fsp3) is 0.500. The SMILES string of the molecule is C=CCn1c(C2CC2)nn(CN2CCC(C(=O)NCc3ccccc3)CC2)c1=S. The smallest absolute Gasteiger partial charge is 0.223 e. The fourth-order valence-corrected chi connectivity index (χ4v) is 4.22. The van der Waals surface area contributed by atoms with Crippen molar-refractivity contribution >= 4 is 18.1 Å². The van der Waals surface area contributed by atoms with Gasteiger partial charge in [-0.2, -0.15) is 5.10 Å². The number of nitrogens with zero attached hydrogens (tertiary/aromatic N) is 4. The van der Waals surface area contributed by atoms with Gasteiger partial charge in [0, 0.05) is 38.0 Å². The number of allylic oxidation sites excluding steroid dienone is 1. The van der Waals surface area contributed by atoms with E-state index in [-0.39, 0.29) is 11.8 Å². The number of carbonyl (C=O) groups is 1. The second kappa shape index (κ2) is 9.05. The molecule has 0 radical (unpaired) electrons. The van der Waals surface area contributed by atoms with Crippen molar-refractivity contribution in [1.29, 1.82) is 0 Å². The van der Waals surface area contributed by atoms with Gasteiger partial charge in [0.15, 0.2) is 4.77 Å². The van der Waals surface area contributed by atoms with E-state index >= 15 is 0 Å². The quantitative estimate of drug-likeness (QED) is 0.534. The topological polar surface area (TPSA) is 55.1 Å². The number of rotatable bonds is 8. The molecule has 1 aliphatic carbocycles. The fourth-order valence-electron chi connectivity index (χ4n) is 3.95. The Kier molecular flexibility index (Phi) is 6.25. The zero-order valence-electron chi connectivity index (χ0n) is 16.8. The zero-order chi connectivity index (χ0) is 20.2. The maximum absolute atomic E-state index is 12.5. The highest BCUT2D eigenvalue weighted by Crippen LogP contribution is 2.39. The number of piperidine rings is 1. The van der Waals surface area contributed by atoms with Crippen molar-refractivity contribution in [1.82, 2.24) is 24.6 Å². The summed E-state index contributed by atoms with van der Waals surface area (Å²) in [5.74, 6) is 1.90. The van der Waals surface area contributed by atoms with Crippen LogP contribution in [0.1, 0.15) is 43.0 Å². The molecule has 1 saturated heterocycles. The van der Waals surface area contributed by atoms with Gasteiger partial charge in [0.25, 0.3) is 0 Å². The molecule has 4 rings (SSSR count). The highest BCUT2D eigenvalue weighted by atomic mass is 32.1. The molecule has 0 bridgehead atoms. The summed E-state index contributed by atoms with van der Waals surface area (Å²) in [5, 5.41) is 7.89. The number of likely N-dealkylation sites (tertiary alicyclic amines) is 1. The lowest BCUT2D eigenvalue weighted by Gasteiger charge is -2.30. The molecule has 1 amide bonds. The third-order valence-corrected chi connectivity index (χ3v) is 6.24. The lowest BCUT2D eigenvalue weighted by atomic mass is 9.96. The first-order chi connectivity index (χ1) is 14.2. The second-order valence-electron chi connectivity index (χ2n) is 8.05. The Morgan fingerprint density at radius 2 is 1.93 bits per heavy atom. The number of aromatic nitrogens is 3. The minimum Gasteiger partial charge on any atom is -0.352 e. The van der Waals surface area contributed by atoms with Crippen LogP contribution < -0.4 is 5.32 Å². The Morgan fingerprint density at radius 1 is 1.21 bits per heavy atom. The summed E-state index contributed by atoms with van der Waals surface area (Å²) in [6, 6.07) is 10.1. The first-order valence-corrected chi connectivity index (χ1v) is 10.9. The zero-order valence-corrected chi connectivity index (χ0v) is 17.6. The number of benzene rings is 1. The molecule has 0 spiro atoms. The largest absolute Gasteiger partial charge is 0.352 e. The first kappa shape index (κ1) is 20.0. The van der Waals surface area contributed by atoms with Gasteiger partial charge in [0.1, 0.15) is 5.82 Å². The van der Waals surface area contributed by atoms with Gasteiger partial charge in [0.2, 0.25) is 5.91 Å². The van der Waals surface area contributed by atoms with Gasteiger partial charge < -0.3 is 5.32 Å². The Bertz CT molecular complexity index is 907. The van der Waals surface area contributed by atoms with Crippen LogP contribution in [0.25, 0.3) is 0 Å². The van der Waals surface area contributed by atoms with Crippen LogP contribution in [0.4, 0.5) is 0 Å². The van der Waals surface area contributed by atoms with Gasteiger partial charge in [-0.15, -0.1) is 6.58 Å². The van der Waals surface area contributed by atoms with Crippen molar-refractivity contribution in [2.24, 2.45) is 5.92 Å². The third-order valence-electron chi connectivity index (χ3n) is 5.81. The van der Waals surface area contributed by atoms with Crippen molar-refractivity contribution in [2.45, 2.75) is 51.4 Å². The maximum atomic E-state index is 12.5. The molecular formula is C22H29N5OS. The van der Waals surface area contributed by atoms with E-state index < -0.39 is 0 Å². The summed E-state index contributed by atoms with van der Waals surface area (Å²) >= 11 is 5.66. The molecule has 29 heavy (non-hydrogen) atoms. The number of amides is 1. The van der Waals surface area contributed by atoms with Crippen molar-refractivity contribution < 1.29 is 4.79 Å². The lowest BCUT2D eigenvalue weighted by Crippen LogP contribution is -2.41. The molecule has 2 aliphatic rings. The summed E-state index contributed by atoms with van der Waals surface area (Å²) in [4.78, 5) is 14.9. The van der Waals surface area contributed by atoms with Gasteiger partial charge in [-0.05, 0) is 43.5 Å². The average Bonchev–Trinajstić information content (AvgIpc) is 3.55. The minimum absolute atomic E-state index is 0.0864. The molecule has 6 nitrogen and oxygen atoms in total. The Labute approximate surface area is 177 Å². The summed E-state index contributed by atoms with van der Waals surface area (Å²) in [7, 11) is 0. The molecule has 1 saturated carbocycles. The van der Waals surface area contributed by atoms with E-state index in [0.29, 0.717) is 25.7 Å². The standard InChI is InChI=1S/C22H29N5OS/c1-2-12-26-20(18-8-9-18)24-27(22(26)29)16-25-13-10-19(11-14-25)21(28)23-15-17-6-4-3-5-7-17/h2-7,18-19H,1,8-16H2,(H,23,28). The maximum Gasteiger partial charge on any atom is 0.223 e. The molecule has 2 fully saturated rings. The predicted octanol–water partition coefficient (Wildman–Crippen LogP) is 3.46. The van der Waals surface area contributed by atoms with E-state index in [1.807, 2.05) is 41.1 Å². The lowest BCUT2D eigenvalue weighted by molar-refractivity contribution is -0.126. The normalized spacial score (nSPS) is 17.9. The van der Waals surface area contributed by atoms with E-state index in [1.165, 1.54) is 12.8 Å². The van der Waals surface area contributed by atoms with Crippen molar-refractivity contribution in [3.8, 4) is 0 Å². The Morgan fingerprint density at radius 3 is 2.59 bits per heavy atom. The molecule has 0 unspecified atom stereocenters. The molecule has 2 heterocycles.